The van der Waals surface area contributed by atoms with E-state index in [0.29, 0.717) is 17.5 Å². The van der Waals surface area contributed by atoms with E-state index in [1.807, 2.05) is 0 Å². The van der Waals surface area contributed by atoms with Crippen molar-refractivity contribution in [3.8, 4) is 39.9 Å². The van der Waals surface area contributed by atoms with Gasteiger partial charge in [-0.1, -0.05) is 140 Å². The Morgan fingerprint density at radius 1 is 0.350 bits per heavy atom. The van der Waals surface area contributed by atoms with Crippen LogP contribution in [0.15, 0.2) is 199 Å². The largest absolute Gasteiger partial charge is 0.454 e. The molecule has 278 valence electrons. The van der Waals surface area contributed by atoms with Crippen LogP contribution in [0.2, 0.25) is 0 Å². The lowest BCUT2D eigenvalue weighted by Gasteiger charge is -2.13. The minimum atomic E-state index is 0.581. The Morgan fingerprint density at radius 2 is 0.850 bits per heavy atom. The van der Waals surface area contributed by atoms with Crippen LogP contribution in [-0.2, 0) is 0 Å². The highest BCUT2D eigenvalue weighted by molar-refractivity contribution is 6.19. The van der Waals surface area contributed by atoms with E-state index in [2.05, 4.69) is 199 Å². The first kappa shape index (κ1) is 32.9. The fourth-order valence-electron chi connectivity index (χ4n) is 9.24. The zero-order valence-electron chi connectivity index (χ0n) is 32.2. The van der Waals surface area contributed by atoms with Crippen molar-refractivity contribution in [2.75, 3.05) is 0 Å². The standard InChI is InChI=1S/C55H32N4O/c1-3-13-35-27-41(23-21-33(35)11-1)53-56-54(42-24-22-34-12-2-4-14-36(34)28-42)58-55(57-53)44-25-26-48(52-51(44)46-30-38-16-6-8-18-40(38)32-50(46)60-52)59-47-20-10-9-19-43(47)45-29-37-15-5-7-17-39(37)31-49(45)59/h1-32H. The molecule has 0 bridgehead atoms. The third-order valence-electron chi connectivity index (χ3n) is 12.1. The molecule has 0 aliphatic heterocycles. The Labute approximate surface area is 343 Å². The fraction of sp³-hybridized carbons (Fsp3) is 0. The smallest absolute Gasteiger partial charge is 0.164 e. The number of aromatic nitrogens is 4. The van der Waals surface area contributed by atoms with Gasteiger partial charge in [0.25, 0.3) is 0 Å². The number of hydrogen-bond donors (Lipinski definition) is 0. The van der Waals surface area contributed by atoms with E-state index in [1.165, 1.54) is 21.5 Å². The van der Waals surface area contributed by atoms with Gasteiger partial charge in [-0.2, -0.15) is 0 Å². The normalized spacial score (nSPS) is 12.0. The quantitative estimate of drug-likeness (QED) is 0.179. The first-order chi connectivity index (χ1) is 29.7. The molecule has 0 radical (unpaired) electrons. The van der Waals surface area contributed by atoms with Crippen molar-refractivity contribution in [2.45, 2.75) is 0 Å². The summed E-state index contributed by atoms with van der Waals surface area (Å²) in [5.74, 6) is 1.80. The van der Waals surface area contributed by atoms with Gasteiger partial charge < -0.3 is 8.98 Å². The fourth-order valence-corrected chi connectivity index (χ4v) is 9.24. The molecule has 10 aromatic carbocycles. The van der Waals surface area contributed by atoms with E-state index in [4.69, 9.17) is 19.4 Å². The molecule has 0 atom stereocenters. The molecule has 0 amide bonds. The van der Waals surface area contributed by atoms with Gasteiger partial charge in [-0.05, 0) is 97.7 Å². The van der Waals surface area contributed by atoms with Crippen molar-refractivity contribution in [1.82, 2.24) is 19.5 Å². The van der Waals surface area contributed by atoms with Crippen LogP contribution >= 0.6 is 0 Å². The molecule has 0 saturated heterocycles. The number of benzene rings is 10. The maximum absolute atomic E-state index is 7.10. The van der Waals surface area contributed by atoms with E-state index < -0.39 is 0 Å². The average molecular weight is 765 g/mol. The van der Waals surface area contributed by atoms with Gasteiger partial charge in [0.2, 0.25) is 0 Å². The number of furan rings is 1. The molecule has 5 nitrogen and oxygen atoms in total. The van der Waals surface area contributed by atoms with Gasteiger partial charge in [0.1, 0.15) is 5.58 Å². The summed E-state index contributed by atoms with van der Waals surface area (Å²) in [5.41, 5.74) is 7.48. The summed E-state index contributed by atoms with van der Waals surface area (Å²) < 4.78 is 9.46. The lowest BCUT2D eigenvalue weighted by molar-refractivity contribution is 0.667. The summed E-state index contributed by atoms with van der Waals surface area (Å²) in [6.45, 7) is 0. The Hall–Kier alpha value is -8.15. The molecule has 0 N–H and O–H groups in total. The van der Waals surface area contributed by atoms with Gasteiger partial charge in [0.05, 0.1) is 16.7 Å². The van der Waals surface area contributed by atoms with Crippen LogP contribution < -0.4 is 0 Å². The zero-order chi connectivity index (χ0) is 39.3. The van der Waals surface area contributed by atoms with Gasteiger partial charge in [-0.3, -0.25) is 0 Å². The number of rotatable bonds is 4. The predicted molar refractivity (Wildman–Crippen MR) is 248 cm³/mol. The van der Waals surface area contributed by atoms with Crippen LogP contribution in [0.3, 0.4) is 0 Å². The highest BCUT2D eigenvalue weighted by Gasteiger charge is 2.24. The minimum Gasteiger partial charge on any atom is -0.454 e. The predicted octanol–water partition coefficient (Wildman–Crippen LogP) is 14.5. The average Bonchev–Trinajstić information content (AvgIpc) is 3.84. The molecule has 0 aliphatic carbocycles. The van der Waals surface area contributed by atoms with Crippen LogP contribution in [0.4, 0.5) is 0 Å². The summed E-state index contributed by atoms with van der Waals surface area (Å²) in [7, 11) is 0. The summed E-state index contributed by atoms with van der Waals surface area (Å²) >= 11 is 0. The third kappa shape index (κ3) is 5.03. The minimum absolute atomic E-state index is 0.581. The molecule has 3 aromatic heterocycles. The third-order valence-corrected chi connectivity index (χ3v) is 12.1. The molecular formula is C55H32N4O. The van der Waals surface area contributed by atoms with Crippen molar-refractivity contribution < 1.29 is 4.42 Å². The maximum Gasteiger partial charge on any atom is 0.164 e. The van der Waals surface area contributed by atoms with E-state index in [9.17, 15) is 0 Å². The molecule has 3 heterocycles. The van der Waals surface area contributed by atoms with E-state index >= 15 is 0 Å². The molecular weight excluding hydrogens is 733 g/mol. The lowest BCUT2D eigenvalue weighted by atomic mass is 10.0. The van der Waals surface area contributed by atoms with Gasteiger partial charge >= 0.3 is 0 Å². The first-order valence-electron chi connectivity index (χ1n) is 20.3. The molecule has 60 heavy (non-hydrogen) atoms. The van der Waals surface area contributed by atoms with Gasteiger partial charge in [-0.15, -0.1) is 0 Å². The second kappa shape index (κ2) is 12.7. The second-order valence-corrected chi connectivity index (χ2v) is 15.6. The Balaban J connectivity index is 1.13. The van der Waals surface area contributed by atoms with Crippen LogP contribution in [0.25, 0.3) is 127 Å². The molecule has 5 heteroatoms. The van der Waals surface area contributed by atoms with Crippen molar-refractivity contribution in [1.29, 1.82) is 0 Å². The van der Waals surface area contributed by atoms with Crippen molar-refractivity contribution in [3.63, 3.8) is 0 Å². The van der Waals surface area contributed by atoms with Crippen LogP contribution in [0.5, 0.6) is 0 Å². The molecule has 13 rings (SSSR count). The van der Waals surface area contributed by atoms with E-state index in [1.54, 1.807) is 0 Å². The topological polar surface area (TPSA) is 56.7 Å². The SMILES string of the molecule is c1ccc2cc(-c3nc(-c4ccc5ccccc5c4)nc(-c4ccc(-n5c6ccccc6c6cc7ccccc7cc65)c5oc6cc7ccccc7cc6c45)n3)ccc2c1. The molecule has 0 unspecified atom stereocenters. The number of fused-ring (bicyclic) bond motifs is 10. The Bertz CT molecular complexity index is 3820. The monoisotopic (exact) mass is 764 g/mol. The summed E-state index contributed by atoms with van der Waals surface area (Å²) in [5, 5.41) is 13.6. The highest BCUT2D eigenvalue weighted by Crippen LogP contribution is 2.44. The summed E-state index contributed by atoms with van der Waals surface area (Å²) in [6.07, 6.45) is 0. The van der Waals surface area contributed by atoms with Crippen molar-refractivity contribution >= 4 is 86.8 Å². The van der Waals surface area contributed by atoms with E-state index in [-0.39, 0.29) is 0 Å². The first-order valence-corrected chi connectivity index (χ1v) is 20.3. The van der Waals surface area contributed by atoms with Crippen LogP contribution in [0, 0.1) is 0 Å². The number of para-hydroxylation sites is 1. The Kier molecular flexibility index (Phi) is 6.95. The molecule has 0 saturated carbocycles. The lowest BCUT2D eigenvalue weighted by Crippen LogP contribution is -2.01. The van der Waals surface area contributed by atoms with Crippen LogP contribution in [-0.4, -0.2) is 19.5 Å². The van der Waals surface area contributed by atoms with Gasteiger partial charge in [-0.25, -0.2) is 15.0 Å². The van der Waals surface area contributed by atoms with Gasteiger partial charge in [0, 0.05) is 38.2 Å². The van der Waals surface area contributed by atoms with Crippen molar-refractivity contribution in [2.24, 2.45) is 0 Å². The molecule has 0 fully saturated rings. The molecule has 13 aromatic rings. The zero-order valence-corrected chi connectivity index (χ0v) is 32.2. The number of hydrogen-bond acceptors (Lipinski definition) is 4. The Morgan fingerprint density at radius 3 is 1.48 bits per heavy atom. The summed E-state index contributed by atoms with van der Waals surface area (Å²) in [6, 6.07) is 68.7. The van der Waals surface area contributed by atoms with Crippen LogP contribution in [0.1, 0.15) is 0 Å². The number of nitrogens with zero attached hydrogens (tertiary/aromatic N) is 4. The molecule has 0 spiro atoms. The maximum atomic E-state index is 7.10. The van der Waals surface area contributed by atoms with E-state index in [0.717, 1.165) is 87.7 Å². The molecule has 0 aliphatic rings. The summed E-state index contributed by atoms with van der Waals surface area (Å²) in [4.78, 5) is 15.8. The second-order valence-electron chi connectivity index (χ2n) is 15.6. The highest BCUT2D eigenvalue weighted by atomic mass is 16.3. The van der Waals surface area contributed by atoms with Gasteiger partial charge in [0.15, 0.2) is 23.1 Å². The van der Waals surface area contributed by atoms with Crippen molar-refractivity contribution in [3.05, 3.63) is 194 Å².